The van der Waals surface area contributed by atoms with Gasteiger partial charge in [-0.15, -0.1) is 0 Å². The molecule has 0 fully saturated rings. The standard InChI is InChI=1S/C43H33N3/c1-42(2)34-18-11-19-44-40(34)32-23-36-33(24-35(32)42)41-37(43(36,3)4)20-29(25-45-41)38-21-28(26-12-6-5-7-13-26)22-39(46-38)31-17-10-15-27-14-8-9-16-30(27)31/h5-25H,1-4H3. The van der Waals surface area contributed by atoms with Gasteiger partial charge < -0.3 is 0 Å². The zero-order chi connectivity index (χ0) is 31.2. The fourth-order valence-corrected chi connectivity index (χ4v) is 7.80. The van der Waals surface area contributed by atoms with Gasteiger partial charge in [0.25, 0.3) is 0 Å². The highest BCUT2D eigenvalue weighted by Crippen LogP contribution is 2.55. The molecule has 3 nitrogen and oxygen atoms in total. The topological polar surface area (TPSA) is 38.7 Å². The Morgan fingerprint density at radius 3 is 1.93 bits per heavy atom. The van der Waals surface area contributed by atoms with Crippen LogP contribution in [0.5, 0.6) is 0 Å². The molecule has 2 aliphatic carbocycles. The first-order valence-corrected chi connectivity index (χ1v) is 16.0. The zero-order valence-electron chi connectivity index (χ0n) is 26.5. The van der Waals surface area contributed by atoms with Crippen LogP contribution in [0.4, 0.5) is 0 Å². The summed E-state index contributed by atoms with van der Waals surface area (Å²) in [6, 6.07) is 41.4. The van der Waals surface area contributed by atoms with Gasteiger partial charge in [0, 0.05) is 45.5 Å². The van der Waals surface area contributed by atoms with Crippen LogP contribution in [-0.4, -0.2) is 15.0 Å². The summed E-state index contributed by atoms with van der Waals surface area (Å²) in [4.78, 5) is 15.3. The lowest BCUT2D eigenvalue weighted by molar-refractivity contribution is 0.651. The second-order valence-corrected chi connectivity index (χ2v) is 13.7. The molecule has 4 aromatic carbocycles. The molecule has 0 spiro atoms. The molecule has 0 aliphatic heterocycles. The first kappa shape index (κ1) is 26.9. The molecule has 220 valence electrons. The van der Waals surface area contributed by atoms with Crippen molar-refractivity contribution >= 4 is 10.8 Å². The number of hydrogen-bond donors (Lipinski definition) is 0. The smallest absolute Gasteiger partial charge is 0.0746 e. The largest absolute Gasteiger partial charge is 0.256 e. The molecule has 46 heavy (non-hydrogen) atoms. The zero-order valence-corrected chi connectivity index (χ0v) is 26.5. The van der Waals surface area contributed by atoms with Crippen molar-refractivity contribution in [3.05, 3.63) is 150 Å². The minimum atomic E-state index is -0.222. The van der Waals surface area contributed by atoms with E-state index < -0.39 is 0 Å². The van der Waals surface area contributed by atoms with E-state index in [-0.39, 0.29) is 10.8 Å². The van der Waals surface area contributed by atoms with Crippen LogP contribution in [-0.2, 0) is 10.8 Å². The molecule has 9 rings (SSSR count). The monoisotopic (exact) mass is 591 g/mol. The maximum atomic E-state index is 5.32. The molecule has 0 saturated carbocycles. The van der Waals surface area contributed by atoms with Crippen LogP contribution in [0.3, 0.4) is 0 Å². The van der Waals surface area contributed by atoms with E-state index in [4.69, 9.17) is 15.0 Å². The van der Waals surface area contributed by atoms with Gasteiger partial charge in [0.15, 0.2) is 0 Å². The molecular formula is C43H33N3. The third-order valence-corrected chi connectivity index (χ3v) is 10.4. The lowest BCUT2D eigenvalue weighted by Gasteiger charge is -2.24. The van der Waals surface area contributed by atoms with Gasteiger partial charge in [-0.3, -0.25) is 9.97 Å². The summed E-state index contributed by atoms with van der Waals surface area (Å²) in [6.45, 7) is 9.26. The minimum absolute atomic E-state index is 0.111. The van der Waals surface area contributed by atoms with E-state index in [0.29, 0.717) is 0 Å². The van der Waals surface area contributed by atoms with Crippen molar-refractivity contribution in [1.82, 2.24) is 15.0 Å². The van der Waals surface area contributed by atoms with Crippen LogP contribution >= 0.6 is 0 Å². The molecule has 2 aliphatic rings. The Hall–Kier alpha value is -5.41. The van der Waals surface area contributed by atoms with Gasteiger partial charge in [-0.25, -0.2) is 4.98 Å². The normalized spacial score (nSPS) is 14.9. The van der Waals surface area contributed by atoms with Gasteiger partial charge >= 0.3 is 0 Å². The molecule has 7 aromatic rings. The Morgan fingerprint density at radius 2 is 1.13 bits per heavy atom. The van der Waals surface area contributed by atoms with Crippen molar-refractivity contribution in [1.29, 1.82) is 0 Å². The molecule has 0 saturated heterocycles. The lowest BCUT2D eigenvalue weighted by Crippen LogP contribution is -2.17. The Balaban J connectivity index is 1.22. The number of rotatable bonds is 3. The summed E-state index contributed by atoms with van der Waals surface area (Å²) in [5.74, 6) is 0. The summed E-state index contributed by atoms with van der Waals surface area (Å²) >= 11 is 0. The summed E-state index contributed by atoms with van der Waals surface area (Å²) in [5, 5.41) is 2.41. The molecule has 0 unspecified atom stereocenters. The number of hydrogen-bond acceptors (Lipinski definition) is 3. The van der Waals surface area contributed by atoms with Gasteiger partial charge in [-0.2, -0.15) is 0 Å². The van der Waals surface area contributed by atoms with E-state index in [1.54, 1.807) is 0 Å². The van der Waals surface area contributed by atoms with E-state index >= 15 is 0 Å². The highest BCUT2D eigenvalue weighted by atomic mass is 14.8. The predicted molar refractivity (Wildman–Crippen MR) is 189 cm³/mol. The van der Waals surface area contributed by atoms with E-state index in [1.165, 1.54) is 49.7 Å². The van der Waals surface area contributed by atoms with Gasteiger partial charge in [-0.05, 0) is 80.6 Å². The van der Waals surface area contributed by atoms with Crippen molar-refractivity contribution in [2.45, 2.75) is 38.5 Å². The SMILES string of the molecule is CC1(C)c2cc3c(cc2-c2ncccc21)C(C)(C)c1cc(-c2cc(-c4ccccc4)cc(-c4cccc5ccccc45)n2)cnc1-3. The fraction of sp³-hybridized carbons (Fsp3) is 0.140. The quantitative estimate of drug-likeness (QED) is 0.205. The number of pyridine rings is 3. The van der Waals surface area contributed by atoms with Crippen LogP contribution in [0.25, 0.3) is 66.9 Å². The fourth-order valence-electron chi connectivity index (χ4n) is 7.80. The summed E-state index contributed by atoms with van der Waals surface area (Å²) in [7, 11) is 0. The molecule has 0 radical (unpaired) electrons. The Kier molecular flexibility index (Phi) is 5.59. The van der Waals surface area contributed by atoms with Crippen molar-refractivity contribution < 1.29 is 0 Å². The Bertz CT molecular complexity index is 2360. The molecule has 0 bridgehead atoms. The van der Waals surface area contributed by atoms with Crippen molar-refractivity contribution in [2.75, 3.05) is 0 Å². The van der Waals surface area contributed by atoms with Crippen LogP contribution < -0.4 is 0 Å². The predicted octanol–water partition coefficient (Wildman–Crippen LogP) is 10.6. The van der Waals surface area contributed by atoms with Crippen LogP contribution in [0.1, 0.15) is 49.9 Å². The highest BCUT2D eigenvalue weighted by Gasteiger charge is 2.42. The highest BCUT2D eigenvalue weighted by molar-refractivity contribution is 5.97. The summed E-state index contributed by atoms with van der Waals surface area (Å²) < 4.78 is 0. The molecule has 0 N–H and O–H groups in total. The third kappa shape index (κ3) is 3.81. The summed E-state index contributed by atoms with van der Waals surface area (Å²) in [5.41, 5.74) is 15.8. The van der Waals surface area contributed by atoms with E-state index in [2.05, 4.69) is 143 Å². The lowest BCUT2D eigenvalue weighted by atomic mass is 9.79. The Labute approximate surface area is 269 Å². The van der Waals surface area contributed by atoms with Crippen molar-refractivity contribution in [3.63, 3.8) is 0 Å². The molecule has 3 aromatic heterocycles. The van der Waals surface area contributed by atoms with Gasteiger partial charge in [0.1, 0.15) is 0 Å². The number of aromatic nitrogens is 3. The van der Waals surface area contributed by atoms with E-state index in [0.717, 1.165) is 39.5 Å². The maximum Gasteiger partial charge on any atom is 0.0746 e. The Morgan fingerprint density at radius 1 is 0.457 bits per heavy atom. The van der Waals surface area contributed by atoms with Crippen molar-refractivity contribution in [3.8, 4) is 56.2 Å². The third-order valence-electron chi connectivity index (χ3n) is 10.4. The molecular weight excluding hydrogens is 558 g/mol. The average Bonchev–Trinajstić information content (AvgIpc) is 3.46. The average molecular weight is 592 g/mol. The number of nitrogens with zero attached hydrogens (tertiary/aromatic N) is 3. The van der Waals surface area contributed by atoms with Gasteiger partial charge in [-0.1, -0.05) is 107 Å². The van der Waals surface area contributed by atoms with Gasteiger partial charge in [0.2, 0.25) is 0 Å². The molecule has 0 amide bonds. The first-order chi connectivity index (χ1) is 22.3. The van der Waals surface area contributed by atoms with Crippen molar-refractivity contribution in [2.24, 2.45) is 0 Å². The number of fused-ring (bicyclic) bond motifs is 7. The van der Waals surface area contributed by atoms with Gasteiger partial charge in [0.05, 0.1) is 22.8 Å². The number of benzene rings is 4. The van der Waals surface area contributed by atoms with Crippen LogP contribution in [0, 0.1) is 0 Å². The minimum Gasteiger partial charge on any atom is -0.256 e. The van der Waals surface area contributed by atoms with Crippen LogP contribution in [0.2, 0.25) is 0 Å². The molecule has 3 heteroatoms. The maximum absolute atomic E-state index is 5.32. The summed E-state index contributed by atoms with van der Waals surface area (Å²) in [6.07, 6.45) is 3.93. The van der Waals surface area contributed by atoms with E-state index in [1.807, 2.05) is 12.4 Å². The van der Waals surface area contributed by atoms with Crippen LogP contribution in [0.15, 0.2) is 128 Å². The molecule has 0 atom stereocenters. The molecule has 3 heterocycles. The first-order valence-electron chi connectivity index (χ1n) is 16.0. The second-order valence-electron chi connectivity index (χ2n) is 13.7. The van der Waals surface area contributed by atoms with E-state index in [9.17, 15) is 0 Å². The second kappa shape index (κ2) is 9.55.